The number of esters is 1. The van der Waals surface area contributed by atoms with Gasteiger partial charge in [0.15, 0.2) is 0 Å². The van der Waals surface area contributed by atoms with Crippen molar-refractivity contribution in [2.45, 2.75) is 13.8 Å². The first-order chi connectivity index (χ1) is 9.63. The number of nitrogens with zero attached hydrogens (tertiary/aromatic N) is 1. The Kier molecular flexibility index (Phi) is 4.53. The minimum absolute atomic E-state index is 0.0857. The van der Waals surface area contributed by atoms with Gasteiger partial charge in [-0.15, -0.1) is 11.3 Å². The molecule has 0 fully saturated rings. The van der Waals surface area contributed by atoms with Crippen molar-refractivity contribution in [2.24, 2.45) is 0 Å². The number of aliphatic hydroxyl groups excluding tert-OH is 1. The Labute approximate surface area is 121 Å². The largest absolute Gasteiger partial charge is 0.512 e. The van der Waals surface area contributed by atoms with Gasteiger partial charge in [-0.2, -0.15) is 0 Å². The number of aromatic nitrogens is 1. The van der Waals surface area contributed by atoms with E-state index in [0.29, 0.717) is 5.01 Å². The second-order valence-corrected chi connectivity index (χ2v) is 4.94. The van der Waals surface area contributed by atoms with Crippen molar-refractivity contribution in [2.75, 3.05) is 6.61 Å². The number of allylic oxidation sites excluding steroid dienone is 1. The summed E-state index contributed by atoms with van der Waals surface area (Å²) in [6.45, 7) is 3.43. The molecule has 0 aliphatic heterocycles. The van der Waals surface area contributed by atoms with Gasteiger partial charge in [-0.25, -0.2) is 9.78 Å². The molecule has 104 valence electrons. The van der Waals surface area contributed by atoms with Crippen LogP contribution in [0.2, 0.25) is 0 Å². The molecule has 2 aromatic rings. The van der Waals surface area contributed by atoms with E-state index in [1.54, 1.807) is 6.92 Å². The summed E-state index contributed by atoms with van der Waals surface area (Å²) in [7, 11) is 0. The summed E-state index contributed by atoms with van der Waals surface area (Å²) in [5.74, 6) is -0.640. The lowest BCUT2D eigenvalue weighted by Crippen LogP contribution is -2.08. The smallest absolute Gasteiger partial charge is 0.344 e. The van der Waals surface area contributed by atoms with E-state index < -0.39 is 5.97 Å². The van der Waals surface area contributed by atoms with Crippen molar-refractivity contribution in [1.29, 1.82) is 0 Å². The molecular weight excluding hydrogens is 274 g/mol. The lowest BCUT2D eigenvalue weighted by molar-refractivity contribution is -0.136. The van der Waals surface area contributed by atoms with Crippen molar-refractivity contribution in [3.8, 4) is 11.3 Å². The van der Waals surface area contributed by atoms with E-state index in [2.05, 4.69) is 4.98 Å². The first-order valence-corrected chi connectivity index (χ1v) is 7.09. The average Bonchev–Trinajstić information content (AvgIpc) is 2.89. The van der Waals surface area contributed by atoms with Crippen LogP contribution < -0.4 is 0 Å². The fourth-order valence-corrected chi connectivity index (χ4v) is 2.64. The van der Waals surface area contributed by atoms with Gasteiger partial charge in [0.05, 0.1) is 12.3 Å². The van der Waals surface area contributed by atoms with Crippen LogP contribution in [0.15, 0.2) is 41.5 Å². The lowest BCUT2D eigenvalue weighted by atomic mass is 10.2. The first-order valence-electron chi connectivity index (χ1n) is 6.21. The highest BCUT2D eigenvalue weighted by atomic mass is 32.1. The van der Waals surface area contributed by atoms with Crippen molar-refractivity contribution in [3.05, 3.63) is 46.5 Å². The van der Waals surface area contributed by atoms with Crippen LogP contribution in [-0.2, 0) is 9.53 Å². The zero-order chi connectivity index (χ0) is 14.5. The van der Waals surface area contributed by atoms with Gasteiger partial charge in [0, 0.05) is 10.9 Å². The Morgan fingerprint density at radius 1 is 1.35 bits per heavy atom. The molecule has 1 heterocycles. The van der Waals surface area contributed by atoms with Gasteiger partial charge in [-0.1, -0.05) is 30.3 Å². The number of aliphatic hydroxyl groups is 1. The summed E-state index contributed by atoms with van der Waals surface area (Å²) in [4.78, 5) is 16.3. The first kappa shape index (κ1) is 14.3. The van der Waals surface area contributed by atoms with Gasteiger partial charge in [0.1, 0.15) is 16.3 Å². The monoisotopic (exact) mass is 289 g/mol. The molecule has 1 N–H and O–H groups in total. The van der Waals surface area contributed by atoms with Crippen LogP contribution in [0.25, 0.3) is 16.8 Å². The highest BCUT2D eigenvalue weighted by Crippen LogP contribution is 2.28. The Balaban J connectivity index is 2.36. The van der Waals surface area contributed by atoms with Gasteiger partial charge in [0.25, 0.3) is 0 Å². The third-order valence-corrected chi connectivity index (χ3v) is 3.49. The Hall–Kier alpha value is -2.14. The molecule has 5 heteroatoms. The number of thiazole rings is 1. The van der Waals surface area contributed by atoms with Gasteiger partial charge in [-0.3, -0.25) is 0 Å². The summed E-state index contributed by atoms with van der Waals surface area (Å²) in [6.07, 6.45) is 0. The highest BCUT2D eigenvalue weighted by Gasteiger charge is 2.20. The Morgan fingerprint density at radius 2 is 2.05 bits per heavy atom. The van der Waals surface area contributed by atoms with E-state index in [9.17, 15) is 9.90 Å². The van der Waals surface area contributed by atoms with Crippen molar-refractivity contribution in [1.82, 2.24) is 4.98 Å². The summed E-state index contributed by atoms with van der Waals surface area (Å²) < 4.78 is 4.94. The molecule has 1 aromatic heterocycles. The van der Waals surface area contributed by atoms with Gasteiger partial charge >= 0.3 is 5.97 Å². The molecule has 0 unspecified atom stereocenters. The SMILES string of the molecule is CCOC(=O)/C(=C(/C)O)c1nc(-c2ccccc2)cs1. The number of carbonyl (C=O) groups excluding carboxylic acids is 1. The van der Waals surface area contributed by atoms with Gasteiger partial charge in [0.2, 0.25) is 0 Å². The summed E-state index contributed by atoms with van der Waals surface area (Å²) in [5, 5.41) is 12.0. The summed E-state index contributed by atoms with van der Waals surface area (Å²) in [5.41, 5.74) is 1.86. The normalized spacial score (nSPS) is 11.9. The van der Waals surface area contributed by atoms with Crippen LogP contribution in [0.5, 0.6) is 0 Å². The molecule has 20 heavy (non-hydrogen) atoms. The molecule has 0 aliphatic carbocycles. The van der Waals surface area contributed by atoms with E-state index in [1.165, 1.54) is 18.3 Å². The van der Waals surface area contributed by atoms with Crippen LogP contribution in [0.3, 0.4) is 0 Å². The summed E-state index contributed by atoms with van der Waals surface area (Å²) in [6, 6.07) is 9.66. The second kappa shape index (κ2) is 6.34. The lowest BCUT2D eigenvalue weighted by Gasteiger charge is -2.04. The second-order valence-electron chi connectivity index (χ2n) is 4.08. The fraction of sp³-hybridized carbons (Fsp3) is 0.200. The number of carbonyl (C=O) groups is 1. The standard InChI is InChI=1S/C15H15NO3S/c1-3-19-15(18)13(10(2)17)14-16-12(9-20-14)11-7-5-4-6-8-11/h4-9,17H,3H2,1-2H3/b13-10-. The molecule has 0 amide bonds. The quantitative estimate of drug-likeness (QED) is 0.530. The van der Waals surface area contributed by atoms with Crippen molar-refractivity contribution in [3.63, 3.8) is 0 Å². The van der Waals surface area contributed by atoms with Gasteiger partial charge in [-0.05, 0) is 13.8 Å². The molecule has 0 saturated heterocycles. The highest BCUT2D eigenvalue weighted by molar-refractivity contribution is 7.11. The molecule has 1 aromatic carbocycles. The molecular formula is C15H15NO3S. The zero-order valence-electron chi connectivity index (χ0n) is 11.3. The fourth-order valence-electron chi connectivity index (χ4n) is 1.72. The minimum Gasteiger partial charge on any atom is -0.512 e. The Morgan fingerprint density at radius 3 is 2.65 bits per heavy atom. The number of rotatable bonds is 4. The molecule has 4 nitrogen and oxygen atoms in total. The maximum Gasteiger partial charge on any atom is 0.344 e. The molecule has 0 radical (unpaired) electrons. The Bertz CT molecular complexity index is 628. The van der Waals surface area contributed by atoms with E-state index in [1.807, 2.05) is 35.7 Å². The maximum atomic E-state index is 11.9. The third-order valence-electron chi connectivity index (χ3n) is 2.63. The van der Waals surface area contributed by atoms with Crippen LogP contribution >= 0.6 is 11.3 Å². The summed E-state index contributed by atoms with van der Waals surface area (Å²) >= 11 is 1.31. The van der Waals surface area contributed by atoms with E-state index in [0.717, 1.165) is 11.3 Å². The molecule has 0 aliphatic rings. The van der Waals surface area contributed by atoms with Crippen LogP contribution in [0.1, 0.15) is 18.9 Å². The number of hydrogen-bond donors (Lipinski definition) is 1. The topological polar surface area (TPSA) is 59.4 Å². The molecule has 0 saturated carbocycles. The third kappa shape index (κ3) is 3.05. The molecule has 2 rings (SSSR count). The van der Waals surface area contributed by atoms with Crippen molar-refractivity contribution < 1.29 is 14.6 Å². The van der Waals surface area contributed by atoms with Crippen LogP contribution in [0, 0.1) is 0 Å². The molecule has 0 spiro atoms. The van der Waals surface area contributed by atoms with Crippen molar-refractivity contribution >= 4 is 22.9 Å². The van der Waals surface area contributed by atoms with E-state index in [-0.39, 0.29) is 17.9 Å². The number of benzene rings is 1. The molecule has 0 bridgehead atoms. The number of hydrogen-bond acceptors (Lipinski definition) is 5. The number of ether oxygens (including phenoxy) is 1. The predicted octanol–water partition coefficient (Wildman–Crippen LogP) is 3.66. The average molecular weight is 289 g/mol. The van der Waals surface area contributed by atoms with Crippen LogP contribution in [0.4, 0.5) is 0 Å². The zero-order valence-corrected chi connectivity index (χ0v) is 12.1. The predicted molar refractivity (Wildman–Crippen MR) is 79.4 cm³/mol. The minimum atomic E-state index is -0.554. The van der Waals surface area contributed by atoms with Crippen LogP contribution in [-0.4, -0.2) is 22.7 Å². The van der Waals surface area contributed by atoms with Gasteiger partial charge < -0.3 is 9.84 Å². The maximum absolute atomic E-state index is 11.9. The van der Waals surface area contributed by atoms with E-state index >= 15 is 0 Å². The molecule has 0 atom stereocenters. The van der Waals surface area contributed by atoms with E-state index in [4.69, 9.17) is 4.74 Å².